The third-order valence-corrected chi connectivity index (χ3v) is 12.9. The van der Waals surface area contributed by atoms with E-state index in [0.29, 0.717) is 0 Å². The molecule has 0 fully saturated rings. The molecule has 0 aliphatic heterocycles. The summed E-state index contributed by atoms with van der Waals surface area (Å²) in [6.45, 7) is 10.8. The zero-order valence-corrected chi connectivity index (χ0v) is 40.5. The Morgan fingerprint density at radius 2 is 1.18 bits per heavy atom. The molecule has 328 valence electrons. The van der Waals surface area contributed by atoms with Crippen LogP contribution in [0.3, 0.4) is 0 Å². The van der Waals surface area contributed by atoms with Crippen molar-refractivity contribution in [3.05, 3.63) is 235 Å². The molecule has 67 heavy (non-hydrogen) atoms. The standard InChI is InChI=1S/C60H48BN5.Pt/c1-42-23-21-24-43(2)58(42)61(64-41-63(47-29-13-8-14-30-47)54-37-19-20-38-55(54)64)66(59-48(44-25-9-6-10-26-44)33-22-34-49(59)45-27-11-7-12-28-45)57-40-46(60(3,4)5)39-56(62-57)65-52-35-17-15-31-50(52)51-32-16-18-36-53(51)65;/h6-29,31-35,37-40H,1-5H3;/q-2;. The molecule has 0 aliphatic carbocycles. The van der Waals surface area contributed by atoms with Gasteiger partial charge in [0.2, 0.25) is 6.33 Å². The minimum absolute atomic E-state index is 0. The molecular formula is C60H48BN5Pt-2. The minimum atomic E-state index is -0.506. The maximum Gasteiger partial charge on any atom is 0.525 e. The molecule has 11 aromatic rings. The van der Waals surface area contributed by atoms with Gasteiger partial charge in [-0.2, -0.15) is 54.6 Å². The molecule has 8 aromatic carbocycles. The van der Waals surface area contributed by atoms with Crippen LogP contribution < -0.4 is 14.8 Å². The quantitative estimate of drug-likeness (QED) is 0.107. The summed E-state index contributed by atoms with van der Waals surface area (Å²) in [5, 5.41) is 2.30. The van der Waals surface area contributed by atoms with Gasteiger partial charge in [0.25, 0.3) is 0 Å². The van der Waals surface area contributed by atoms with Crippen LogP contribution in [0.4, 0.5) is 11.5 Å². The van der Waals surface area contributed by atoms with Gasteiger partial charge >= 0.3 is 6.98 Å². The van der Waals surface area contributed by atoms with Crippen molar-refractivity contribution in [2.75, 3.05) is 4.81 Å². The molecule has 3 aromatic heterocycles. The third-order valence-electron chi connectivity index (χ3n) is 12.9. The second-order valence-corrected chi connectivity index (χ2v) is 18.1. The van der Waals surface area contributed by atoms with Gasteiger partial charge in [0.15, 0.2) is 0 Å². The van der Waals surface area contributed by atoms with Crippen LogP contribution in [-0.2, 0) is 26.5 Å². The number of pyridine rings is 1. The maximum atomic E-state index is 5.94. The first-order chi connectivity index (χ1) is 32.2. The zero-order valence-electron chi connectivity index (χ0n) is 38.2. The van der Waals surface area contributed by atoms with E-state index in [-0.39, 0.29) is 26.5 Å². The van der Waals surface area contributed by atoms with Gasteiger partial charge in [0, 0.05) is 54.4 Å². The summed E-state index contributed by atoms with van der Waals surface area (Å²) in [7, 11) is 0. The smallest absolute Gasteiger partial charge is 0.355 e. The summed E-state index contributed by atoms with van der Waals surface area (Å²) in [5.74, 6) is 1.63. The van der Waals surface area contributed by atoms with Gasteiger partial charge in [0.05, 0.1) is 5.52 Å². The van der Waals surface area contributed by atoms with Crippen LogP contribution in [0, 0.1) is 32.3 Å². The summed E-state index contributed by atoms with van der Waals surface area (Å²) in [6.07, 6.45) is 3.96. The number of hydrogen-bond donors (Lipinski definition) is 0. The molecule has 0 atom stereocenters. The number of aryl methyl sites for hydroxylation is 2. The number of rotatable bonds is 9. The van der Waals surface area contributed by atoms with Crippen molar-refractivity contribution in [2.45, 2.75) is 40.0 Å². The molecular weight excluding hydrogens is 997 g/mol. The van der Waals surface area contributed by atoms with Crippen LogP contribution in [0.15, 0.2) is 200 Å². The van der Waals surface area contributed by atoms with Crippen LogP contribution in [0.5, 0.6) is 0 Å². The van der Waals surface area contributed by atoms with Crippen molar-refractivity contribution in [3.8, 4) is 33.8 Å². The van der Waals surface area contributed by atoms with Gasteiger partial charge < -0.3 is 18.4 Å². The van der Waals surface area contributed by atoms with Crippen molar-refractivity contribution in [1.82, 2.24) is 14.1 Å². The predicted molar refractivity (Wildman–Crippen MR) is 273 cm³/mol. The van der Waals surface area contributed by atoms with Gasteiger partial charge in [0.1, 0.15) is 11.6 Å². The van der Waals surface area contributed by atoms with E-state index in [0.717, 1.165) is 100 Å². The van der Waals surface area contributed by atoms with Crippen LogP contribution in [-0.4, -0.2) is 21.1 Å². The monoisotopic (exact) mass is 1040 g/mol. The largest absolute Gasteiger partial charge is 0.525 e. The van der Waals surface area contributed by atoms with Crippen molar-refractivity contribution < 1.29 is 25.5 Å². The van der Waals surface area contributed by atoms with Gasteiger partial charge in [-0.3, -0.25) is 0 Å². The number of fused-ring (bicyclic) bond motifs is 4. The summed E-state index contributed by atoms with van der Waals surface area (Å²) < 4.78 is 6.78. The summed E-state index contributed by atoms with van der Waals surface area (Å²) >= 11 is 0. The minimum Gasteiger partial charge on any atom is -0.355 e. The van der Waals surface area contributed by atoms with Gasteiger partial charge in [-0.1, -0.05) is 172 Å². The van der Waals surface area contributed by atoms with E-state index in [2.05, 4.69) is 253 Å². The molecule has 0 bridgehead atoms. The topological polar surface area (TPSA) is 29.9 Å². The van der Waals surface area contributed by atoms with Crippen LogP contribution >= 0.6 is 0 Å². The SMILES string of the molecule is Cc1cccc(C)c1B(N(c1cc(C(C)(C)C)cc(-n2c3[c-]cccc3c3ccccc32)n1)c1c(-c2ccccc2)cccc1-c1ccccc1)[n+]1[c-]n(-c2[c-]cccc2)c2ccccc21.[Pt]. The number of para-hydroxylation sites is 6. The number of aromatic nitrogens is 4. The Morgan fingerprint density at radius 1 is 0.582 bits per heavy atom. The summed E-state index contributed by atoms with van der Waals surface area (Å²) in [5.41, 5.74) is 14.8. The van der Waals surface area contributed by atoms with Crippen LogP contribution in [0.2, 0.25) is 0 Å². The van der Waals surface area contributed by atoms with Gasteiger partial charge in [-0.15, -0.1) is 5.39 Å². The molecule has 0 N–H and O–H groups in total. The fraction of sp³-hybridized carbons (Fsp3) is 0.100. The average molecular weight is 1040 g/mol. The molecule has 0 radical (unpaired) electrons. The second kappa shape index (κ2) is 17.8. The maximum absolute atomic E-state index is 5.94. The van der Waals surface area contributed by atoms with Crippen molar-refractivity contribution in [3.63, 3.8) is 0 Å². The predicted octanol–water partition coefficient (Wildman–Crippen LogP) is 13.1. The zero-order chi connectivity index (χ0) is 44.9. The normalized spacial score (nSPS) is 11.5. The number of benzene rings is 8. The molecule has 11 rings (SSSR count). The van der Waals surface area contributed by atoms with Gasteiger partial charge in [-0.05, 0) is 70.7 Å². The molecule has 0 saturated carbocycles. The Balaban J connectivity index is 0.00000525. The molecule has 0 amide bonds. The van der Waals surface area contributed by atoms with Crippen molar-refractivity contribution in [2.24, 2.45) is 0 Å². The Morgan fingerprint density at radius 3 is 1.85 bits per heavy atom. The summed E-state index contributed by atoms with van der Waals surface area (Å²) in [6, 6.07) is 78.3. The Bertz CT molecular complexity index is 3420. The second-order valence-electron chi connectivity index (χ2n) is 18.1. The molecule has 3 heterocycles. The number of hydrogen-bond acceptors (Lipinski definition) is 2. The first-order valence-electron chi connectivity index (χ1n) is 22.7. The fourth-order valence-corrected chi connectivity index (χ4v) is 9.70. The van der Waals surface area contributed by atoms with E-state index in [1.165, 1.54) is 0 Å². The van der Waals surface area contributed by atoms with Crippen molar-refractivity contribution >= 4 is 56.8 Å². The van der Waals surface area contributed by atoms with Crippen LogP contribution in [0.25, 0.3) is 66.6 Å². The molecule has 0 aliphatic rings. The third kappa shape index (κ3) is 7.79. The number of nitrogens with zero attached hydrogens (tertiary/aromatic N) is 5. The molecule has 0 unspecified atom stereocenters. The Hall–Kier alpha value is -7.27. The first kappa shape index (κ1) is 43.6. The molecule has 5 nitrogen and oxygen atoms in total. The number of anilines is 2. The van der Waals surface area contributed by atoms with E-state index < -0.39 is 6.98 Å². The molecule has 7 heteroatoms. The van der Waals surface area contributed by atoms with E-state index in [9.17, 15) is 0 Å². The Labute approximate surface area is 408 Å². The van der Waals surface area contributed by atoms with Crippen LogP contribution in [0.1, 0.15) is 37.5 Å². The van der Waals surface area contributed by atoms with Gasteiger partial charge in [-0.25, -0.2) is 4.98 Å². The fourth-order valence-electron chi connectivity index (χ4n) is 9.70. The Kier molecular flexibility index (Phi) is 11.6. The van der Waals surface area contributed by atoms with E-state index in [4.69, 9.17) is 4.98 Å². The van der Waals surface area contributed by atoms with Crippen molar-refractivity contribution in [1.29, 1.82) is 0 Å². The van der Waals surface area contributed by atoms with E-state index in [1.807, 2.05) is 18.2 Å². The van der Waals surface area contributed by atoms with E-state index >= 15 is 0 Å². The van der Waals surface area contributed by atoms with E-state index in [1.54, 1.807) is 0 Å². The average Bonchev–Trinajstić information content (AvgIpc) is 3.90. The number of imidazole rings is 1. The molecule has 0 saturated heterocycles. The summed E-state index contributed by atoms with van der Waals surface area (Å²) in [4.78, 5) is 8.45. The molecule has 0 spiro atoms. The first-order valence-corrected chi connectivity index (χ1v) is 22.7.